The van der Waals surface area contributed by atoms with Crippen molar-refractivity contribution in [3.05, 3.63) is 88.9 Å². The van der Waals surface area contributed by atoms with Crippen LogP contribution in [0.3, 0.4) is 0 Å². The van der Waals surface area contributed by atoms with E-state index in [-0.39, 0.29) is 11.9 Å². The van der Waals surface area contributed by atoms with E-state index in [4.69, 9.17) is 16.3 Å². The van der Waals surface area contributed by atoms with Crippen LogP contribution in [-0.2, 0) is 0 Å². The first-order chi connectivity index (χ1) is 14.5. The number of methoxy groups -OCH3 is 1. The second-order valence-electron chi connectivity index (χ2n) is 6.66. The fraction of sp³-hybridized carbons (Fsp3) is 0.0870. The smallest absolute Gasteiger partial charge is 0.336 e. The van der Waals surface area contributed by atoms with Gasteiger partial charge in [-0.25, -0.2) is 4.68 Å². The molecule has 0 saturated carbocycles. The Labute approximate surface area is 179 Å². The minimum atomic E-state index is -0.228. The number of benzene rings is 3. The van der Waals surface area contributed by atoms with Gasteiger partial charge in [-0.2, -0.15) is 4.98 Å². The van der Waals surface area contributed by atoms with Crippen LogP contribution in [0, 0.1) is 6.92 Å². The minimum absolute atomic E-state index is 0.228. The monoisotopic (exact) mass is 418 g/mol. The lowest BCUT2D eigenvalue weighted by molar-refractivity contribution is 0.102. The summed E-state index contributed by atoms with van der Waals surface area (Å²) >= 11 is 5.97. The summed E-state index contributed by atoms with van der Waals surface area (Å²) in [6.07, 6.45) is 0. The van der Waals surface area contributed by atoms with Crippen LogP contribution >= 0.6 is 11.6 Å². The van der Waals surface area contributed by atoms with E-state index in [0.29, 0.717) is 22.1 Å². The van der Waals surface area contributed by atoms with Crippen molar-refractivity contribution in [2.45, 2.75) is 6.92 Å². The van der Waals surface area contributed by atoms with Crippen molar-refractivity contribution in [2.75, 3.05) is 12.4 Å². The van der Waals surface area contributed by atoms with Crippen LogP contribution in [0.4, 0.5) is 5.69 Å². The van der Waals surface area contributed by atoms with Gasteiger partial charge in [-0.3, -0.25) is 4.79 Å². The molecule has 0 bridgehead atoms. The van der Waals surface area contributed by atoms with Crippen LogP contribution in [0.5, 0.6) is 6.01 Å². The molecule has 0 atom stereocenters. The molecule has 0 aliphatic rings. The molecule has 1 amide bonds. The average molecular weight is 419 g/mol. The fourth-order valence-corrected chi connectivity index (χ4v) is 3.27. The van der Waals surface area contributed by atoms with Crippen LogP contribution in [0.1, 0.15) is 15.9 Å². The molecule has 0 aliphatic heterocycles. The zero-order valence-electron chi connectivity index (χ0n) is 16.5. The number of ether oxygens (including phenoxy) is 1. The predicted octanol–water partition coefficient (Wildman–Crippen LogP) is 5.16. The SMILES string of the molecule is COc1nc(-c2ccccc2C)n(-c2ccc(NC(=O)c3cccc(Cl)c3)cc2)n1. The number of carbonyl (C=O) groups excluding carboxylic acids is 1. The van der Waals surface area contributed by atoms with Gasteiger partial charge in [0, 0.05) is 21.8 Å². The van der Waals surface area contributed by atoms with Crippen LogP contribution in [0.25, 0.3) is 17.1 Å². The molecular formula is C23H19ClN4O2. The van der Waals surface area contributed by atoms with Crippen molar-refractivity contribution in [2.24, 2.45) is 0 Å². The Balaban J connectivity index is 1.62. The molecule has 1 N–H and O–H groups in total. The third-order valence-corrected chi connectivity index (χ3v) is 4.85. The first-order valence-corrected chi connectivity index (χ1v) is 9.67. The molecule has 7 heteroatoms. The Hall–Kier alpha value is -3.64. The number of hydrogen-bond acceptors (Lipinski definition) is 4. The number of aromatic nitrogens is 3. The van der Waals surface area contributed by atoms with E-state index in [1.807, 2.05) is 55.5 Å². The number of amides is 1. The lowest BCUT2D eigenvalue weighted by Gasteiger charge is -2.10. The first-order valence-electron chi connectivity index (χ1n) is 9.29. The summed E-state index contributed by atoms with van der Waals surface area (Å²) in [5.41, 5.74) is 4.00. The third kappa shape index (κ3) is 4.04. The van der Waals surface area contributed by atoms with Gasteiger partial charge < -0.3 is 10.1 Å². The van der Waals surface area contributed by atoms with Crippen molar-refractivity contribution in [3.8, 4) is 23.1 Å². The van der Waals surface area contributed by atoms with Gasteiger partial charge in [-0.05, 0) is 55.0 Å². The van der Waals surface area contributed by atoms with E-state index in [1.165, 1.54) is 7.11 Å². The molecule has 4 aromatic rings. The fourth-order valence-electron chi connectivity index (χ4n) is 3.08. The maximum atomic E-state index is 12.4. The molecule has 1 aromatic heterocycles. The molecule has 30 heavy (non-hydrogen) atoms. The zero-order valence-corrected chi connectivity index (χ0v) is 17.2. The number of hydrogen-bond donors (Lipinski definition) is 1. The molecule has 0 spiro atoms. The normalized spacial score (nSPS) is 10.6. The van der Waals surface area contributed by atoms with Crippen molar-refractivity contribution in [1.82, 2.24) is 14.8 Å². The number of aryl methyl sites for hydroxylation is 1. The summed E-state index contributed by atoms with van der Waals surface area (Å²) in [7, 11) is 1.54. The molecule has 0 radical (unpaired) electrons. The standard InChI is InChI=1S/C23H19ClN4O2/c1-15-6-3-4-9-20(15)21-26-23(30-2)27-28(21)19-12-10-18(11-13-19)25-22(29)16-7-5-8-17(24)14-16/h3-14H,1-2H3,(H,25,29). The molecule has 0 fully saturated rings. The molecule has 0 unspecified atom stereocenters. The van der Waals surface area contributed by atoms with E-state index in [2.05, 4.69) is 15.4 Å². The highest BCUT2D eigenvalue weighted by molar-refractivity contribution is 6.31. The van der Waals surface area contributed by atoms with Gasteiger partial charge in [-0.15, -0.1) is 5.10 Å². The Morgan fingerprint density at radius 1 is 1.03 bits per heavy atom. The average Bonchev–Trinajstić information content (AvgIpc) is 3.19. The van der Waals surface area contributed by atoms with Gasteiger partial charge in [0.15, 0.2) is 5.82 Å². The number of nitrogens with one attached hydrogen (secondary N) is 1. The second-order valence-corrected chi connectivity index (χ2v) is 7.10. The van der Waals surface area contributed by atoms with E-state index >= 15 is 0 Å². The van der Waals surface area contributed by atoms with E-state index in [0.717, 1.165) is 16.8 Å². The summed E-state index contributed by atoms with van der Waals surface area (Å²) in [5.74, 6) is 0.453. The van der Waals surface area contributed by atoms with Gasteiger partial charge in [0.25, 0.3) is 5.91 Å². The highest BCUT2D eigenvalue weighted by Crippen LogP contribution is 2.26. The van der Waals surface area contributed by atoms with Gasteiger partial charge in [0.2, 0.25) is 0 Å². The highest BCUT2D eigenvalue weighted by atomic mass is 35.5. The molecule has 0 saturated heterocycles. The highest BCUT2D eigenvalue weighted by Gasteiger charge is 2.16. The third-order valence-electron chi connectivity index (χ3n) is 4.61. The summed E-state index contributed by atoms with van der Waals surface area (Å²) in [5, 5.41) is 7.83. The topological polar surface area (TPSA) is 69.0 Å². The Morgan fingerprint density at radius 3 is 2.50 bits per heavy atom. The molecule has 150 valence electrons. The van der Waals surface area contributed by atoms with E-state index < -0.39 is 0 Å². The Morgan fingerprint density at radius 2 is 1.80 bits per heavy atom. The van der Waals surface area contributed by atoms with Gasteiger partial charge in [0.1, 0.15) is 0 Å². The molecule has 1 heterocycles. The molecule has 0 aliphatic carbocycles. The van der Waals surface area contributed by atoms with Crippen molar-refractivity contribution in [3.63, 3.8) is 0 Å². The van der Waals surface area contributed by atoms with Crippen LogP contribution in [0.15, 0.2) is 72.8 Å². The number of carbonyl (C=O) groups is 1. The lowest BCUT2D eigenvalue weighted by atomic mass is 10.1. The predicted molar refractivity (Wildman–Crippen MR) is 117 cm³/mol. The molecular weight excluding hydrogens is 400 g/mol. The van der Waals surface area contributed by atoms with Gasteiger partial charge in [0.05, 0.1) is 12.8 Å². The van der Waals surface area contributed by atoms with Gasteiger partial charge in [-0.1, -0.05) is 41.9 Å². The lowest BCUT2D eigenvalue weighted by Crippen LogP contribution is -2.11. The van der Waals surface area contributed by atoms with E-state index in [9.17, 15) is 4.79 Å². The number of nitrogens with zero attached hydrogens (tertiary/aromatic N) is 3. The summed E-state index contributed by atoms with van der Waals surface area (Å²) in [6.45, 7) is 2.02. The van der Waals surface area contributed by atoms with Crippen LogP contribution in [0.2, 0.25) is 5.02 Å². The second kappa shape index (κ2) is 8.39. The minimum Gasteiger partial charge on any atom is -0.466 e. The Bertz CT molecular complexity index is 1200. The van der Waals surface area contributed by atoms with Crippen molar-refractivity contribution >= 4 is 23.2 Å². The van der Waals surface area contributed by atoms with Crippen molar-refractivity contribution in [1.29, 1.82) is 0 Å². The van der Waals surface area contributed by atoms with E-state index in [1.54, 1.807) is 28.9 Å². The van der Waals surface area contributed by atoms with Crippen molar-refractivity contribution < 1.29 is 9.53 Å². The maximum absolute atomic E-state index is 12.4. The zero-order chi connectivity index (χ0) is 21.1. The molecule has 6 nitrogen and oxygen atoms in total. The number of halogens is 1. The Kier molecular flexibility index (Phi) is 5.50. The quantitative estimate of drug-likeness (QED) is 0.486. The maximum Gasteiger partial charge on any atom is 0.336 e. The van der Waals surface area contributed by atoms with Crippen LogP contribution in [-0.4, -0.2) is 27.8 Å². The molecule has 4 rings (SSSR count). The van der Waals surface area contributed by atoms with Crippen LogP contribution < -0.4 is 10.1 Å². The summed E-state index contributed by atoms with van der Waals surface area (Å²) in [6, 6.07) is 22.4. The number of rotatable bonds is 5. The largest absolute Gasteiger partial charge is 0.466 e. The summed E-state index contributed by atoms with van der Waals surface area (Å²) in [4.78, 5) is 16.9. The van der Waals surface area contributed by atoms with Gasteiger partial charge >= 0.3 is 6.01 Å². The number of anilines is 1. The summed E-state index contributed by atoms with van der Waals surface area (Å²) < 4.78 is 6.97. The molecule has 3 aromatic carbocycles. The first kappa shape index (κ1) is 19.7.